The minimum atomic E-state index is -0.833. The topological polar surface area (TPSA) is 77.0 Å². The van der Waals surface area contributed by atoms with Crippen LogP contribution < -0.4 is 5.32 Å². The standard InChI is InChI=1S/C19H27IN2O4/c1-6-19(12-20,18(24)25-7-2)15(5)22-26-11-17(23)21-16-9-13(3)8-14(4)10-16/h8-10H,6-7,11-12H2,1-5H3,(H,21,23)/b22-15+. The first-order valence-corrected chi connectivity index (χ1v) is 10.1. The summed E-state index contributed by atoms with van der Waals surface area (Å²) < 4.78 is 5.70. The van der Waals surface area contributed by atoms with E-state index in [1.807, 2.05) is 39.0 Å². The van der Waals surface area contributed by atoms with Crippen LogP contribution in [0.4, 0.5) is 5.69 Å². The van der Waals surface area contributed by atoms with Crippen molar-refractivity contribution in [3.8, 4) is 0 Å². The largest absolute Gasteiger partial charge is 0.465 e. The maximum Gasteiger partial charge on any atom is 0.318 e. The monoisotopic (exact) mass is 474 g/mol. The summed E-state index contributed by atoms with van der Waals surface area (Å²) in [6.07, 6.45) is 0.544. The first-order chi connectivity index (χ1) is 12.3. The Morgan fingerprint density at radius 1 is 1.19 bits per heavy atom. The lowest BCUT2D eigenvalue weighted by molar-refractivity contribution is -0.150. The van der Waals surface area contributed by atoms with Gasteiger partial charge in [-0.25, -0.2) is 0 Å². The molecular formula is C19H27IN2O4. The molecule has 26 heavy (non-hydrogen) atoms. The van der Waals surface area contributed by atoms with Crippen molar-refractivity contribution in [1.29, 1.82) is 0 Å². The van der Waals surface area contributed by atoms with Crippen molar-refractivity contribution in [1.82, 2.24) is 0 Å². The third-order valence-corrected chi connectivity index (χ3v) is 5.40. The molecule has 0 aliphatic rings. The number of aryl methyl sites for hydroxylation is 2. The Morgan fingerprint density at radius 2 is 1.81 bits per heavy atom. The number of hydrogen-bond donors (Lipinski definition) is 1. The number of amides is 1. The third kappa shape index (κ3) is 5.96. The molecule has 0 aliphatic heterocycles. The Morgan fingerprint density at radius 3 is 2.31 bits per heavy atom. The molecule has 0 saturated heterocycles. The summed E-state index contributed by atoms with van der Waals surface area (Å²) in [5, 5.41) is 6.79. The molecule has 0 radical (unpaired) electrons. The minimum absolute atomic E-state index is 0.228. The maximum atomic E-state index is 12.3. The van der Waals surface area contributed by atoms with Crippen LogP contribution in [-0.2, 0) is 19.2 Å². The number of carbonyl (C=O) groups is 2. The Balaban J connectivity index is 2.72. The molecule has 1 unspecified atom stereocenters. The van der Waals surface area contributed by atoms with Crippen molar-refractivity contribution in [3.05, 3.63) is 29.3 Å². The van der Waals surface area contributed by atoms with Crippen LogP contribution in [0.2, 0.25) is 0 Å². The van der Waals surface area contributed by atoms with Crippen LogP contribution in [0.3, 0.4) is 0 Å². The van der Waals surface area contributed by atoms with E-state index in [0.717, 1.165) is 16.8 Å². The van der Waals surface area contributed by atoms with Gasteiger partial charge in [-0.1, -0.05) is 40.7 Å². The van der Waals surface area contributed by atoms with E-state index in [4.69, 9.17) is 9.57 Å². The highest BCUT2D eigenvalue weighted by Gasteiger charge is 2.41. The molecule has 1 N–H and O–H groups in total. The predicted molar refractivity (Wildman–Crippen MR) is 112 cm³/mol. The lowest BCUT2D eigenvalue weighted by Crippen LogP contribution is -2.41. The van der Waals surface area contributed by atoms with Crippen molar-refractivity contribution in [2.75, 3.05) is 23.0 Å². The zero-order chi connectivity index (χ0) is 19.7. The van der Waals surface area contributed by atoms with Crippen LogP contribution >= 0.6 is 22.6 Å². The quantitative estimate of drug-likeness (QED) is 0.193. The van der Waals surface area contributed by atoms with Gasteiger partial charge in [-0.2, -0.15) is 0 Å². The molecule has 1 atom stereocenters. The van der Waals surface area contributed by atoms with Crippen molar-refractivity contribution in [2.45, 2.75) is 41.0 Å². The molecule has 0 spiro atoms. The Hall–Kier alpha value is -1.64. The maximum absolute atomic E-state index is 12.3. The molecule has 0 heterocycles. The van der Waals surface area contributed by atoms with E-state index < -0.39 is 5.41 Å². The van der Waals surface area contributed by atoms with Crippen molar-refractivity contribution >= 4 is 45.9 Å². The molecule has 0 bridgehead atoms. The van der Waals surface area contributed by atoms with Crippen LogP contribution in [-0.4, -0.2) is 35.2 Å². The fraction of sp³-hybridized carbons (Fsp3) is 0.526. The second-order valence-electron chi connectivity index (χ2n) is 6.16. The van der Waals surface area contributed by atoms with E-state index in [1.165, 1.54) is 0 Å². The number of anilines is 1. The number of carbonyl (C=O) groups excluding carboxylic acids is 2. The molecule has 1 aromatic rings. The molecule has 1 aromatic carbocycles. The summed E-state index contributed by atoms with van der Waals surface area (Å²) in [5.74, 6) is -0.624. The van der Waals surface area contributed by atoms with Crippen molar-refractivity contribution in [2.24, 2.45) is 10.6 Å². The number of nitrogens with one attached hydrogen (secondary N) is 1. The van der Waals surface area contributed by atoms with Crippen molar-refractivity contribution < 1.29 is 19.2 Å². The second kappa shape index (κ2) is 10.5. The molecular weight excluding hydrogens is 447 g/mol. The molecule has 1 rings (SSSR count). The van der Waals surface area contributed by atoms with Gasteiger partial charge in [0.15, 0.2) is 6.61 Å². The number of rotatable bonds is 9. The van der Waals surface area contributed by atoms with Crippen LogP contribution in [0.1, 0.15) is 38.3 Å². The molecule has 0 saturated carbocycles. The van der Waals surface area contributed by atoms with Crippen molar-refractivity contribution in [3.63, 3.8) is 0 Å². The molecule has 144 valence electrons. The lowest BCUT2D eigenvalue weighted by Gasteiger charge is -2.27. The van der Waals surface area contributed by atoms with E-state index in [1.54, 1.807) is 13.8 Å². The van der Waals surface area contributed by atoms with Gasteiger partial charge in [-0.15, -0.1) is 0 Å². The van der Waals surface area contributed by atoms with Gasteiger partial charge in [-0.05, 0) is 57.4 Å². The van der Waals surface area contributed by atoms with Gasteiger partial charge in [0.2, 0.25) is 0 Å². The molecule has 0 fully saturated rings. The van der Waals surface area contributed by atoms with Gasteiger partial charge in [0.1, 0.15) is 5.41 Å². The number of benzene rings is 1. The number of oxime groups is 1. The SMILES string of the molecule is CCOC(=O)C(CC)(CI)/C(C)=N/OCC(=O)Nc1cc(C)cc(C)c1. The van der Waals surface area contributed by atoms with Gasteiger partial charge >= 0.3 is 5.97 Å². The Bertz CT molecular complexity index is 649. The number of halogens is 1. The number of alkyl halides is 1. The van der Waals surface area contributed by atoms with Crippen LogP contribution in [0.15, 0.2) is 23.4 Å². The smallest absolute Gasteiger partial charge is 0.318 e. The zero-order valence-corrected chi connectivity index (χ0v) is 18.2. The highest BCUT2D eigenvalue weighted by Crippen LogP contribution is 2.29. The second-order valence-corrected chi connectivity index (χ2v) is 6.93. The minimum Gasteiger partial charge on any atom is -0.465 e. The Kier molecular flexibility index (Phi) is 9.04. The Labute approximate surface area is 168 Å². The fourth-order valence-corrected chi connectivity index (χ4v) is 3.98. The number of nitrogens with zero attached hydrogens (tertiary/aromatic N) is 1. The fourth-order valence-electron chi connectivity index (χ4n) is 2.58. The van der Waals surface area contributed by atoms with Gasteiger partial charge in [0.25, 0.3) is 5.91 Å². The molecule has 0 aromatic heterocycles. The van der Waals surface area contributed by atoms with Gasteiger partial charge < -0.3 is 14.9 Å². The van der Waals surface area contributed by atoms with E-state index in [0.29, 0.717) is 23.2 Å². The normalized spacial score (nSPS) is 13.7. The summed E-state index contributed by atoms with van der Waals surface area (Å²) in [7, 11) is 0. The molecule has 6 nitrogen and oxygen atoms in total. The van der Waals surface area contributed by atoms with E-state index in [9.17, 15) is 9.59 Å². The predicted octanol–water partition coefficient (Wildman–Crippen LogP) is 4.03. The summed E-state index contributed by atoms with van der Waals surface area (Å²) >= 11 is 2.14. The average molecular weight is 474 g/mol. The molecule has 1 amide bonds. The number of esters is 1. The van der Waals surface area contributed by atoms with E-state index in [-0.39, 0.29) is 18.5 Å². The molecule has 0 aliphatic carbocycles. The average Bonchev–Trinajstić information content (AvgIpc) is 2.55. The van der Waals surface area contributed by atoms with Crippen LogP contribution in [0.5, 0.6) is 0 Å². The van der Waals surface area contributed by atoms with Crippen LogP contribution in [0.25, 0.3) is 0 Å². The molecule has 7 heteroatoms. The first-order valence-electron chi connectivity index (χ1n) is 8.57. The van der Waals surface area contributed by atoms with Crippen LogP contribution in [0, 0.1) is 19.3 Å². The highest BCUT2D eigenvalue weighted by molar-refractivity contribution is 14.1. The summed E-state index contributed by atoms with van der Waals surface area (Å²) in [4.78, 5) is 29.6. The van der Waals surface area contributed by atoms with E-state index in [2.05, 4.69) is 33.1 Å². The third-order valence-electron chi connectivity index (χ3n) is 4.09. The lowest BCUT2D eigenvalue weighted by atomic mass is 9.83. The summed E-state index contributed by atoms with van der Waals surface area (Å²) in [6, 6.07) is 5.81. The zero-order valence-electron chi connectivity index (χ0n) is 16.0. The summed E-state index contributed by atoms with van der Waals surface area (Å²) in [6.45, 7) is 9.42. The first kappa shape index (κ1) is 22.4. The van der Waals surface area contributed by atoms with E-state index >= 15 is 0 Å². The number of ether oxygens (including phenoxy) is 1. The van der Waals surface area contributed by atoms with Gasteiger partial charge in [0, 0.05) is 10.1 Å². The highest BCUT2D eigenvalue weighted by atomic mass is 127. The van der Waals surface area contributed by atoms with Gasteiger partial charge in [-0.3, -0.25) is 9.59 Å². The van der Waals surface area contributed by atoms with Gasteiger partial charge in [0.05, 0.1) is 12.3 Å². The summed E-state index contributed by atoms with van der Waals surface area (Å²) in [5.41, 5.74) is 2.53. The number of hydrogen-bond acceptors (Lipinski definition) is 5.